The van der Waals surface area contributed by atoms with E-state index in [9.17, 15) is 0 Å². The minimum absolute atomic E-state index is 0.0287. The molecule has 1 fully saturated rings. The van der Waals surface area contributed by atoms with E-state index in [0.29, 0.717) is 12.1 Å². The van der Waals surface area contributed by atoms with Gasteiger partial charge in [-0.15, -0.1) is 0 Å². The fourth-order valence-electron chi connectivity index (χ4n) is 2.28. The highest BCUT2D eigenvalue weighted by molar-refractivity contribution is 4.79. The first-order chi connectivity index (χ1) is 7.43. The molecule has 1 heterocycles. The number of hydrogen-bond acceptors (Lipinski definition) is 3. The van der Waals surface area contributed by atoms with Crippen LogP contribution >= 0.6 is 0 Å². The van der Waals surface area contributed by atoms with Gasteiger partial charge in [-0.3, -0.25) is 0 Å². The molecule has 0 bridgehead atoms. The van der Waals surface area contributed by atoms with Gasteiger partial charge in [0.15, 0.2) is 0 Å². The molecule has 0 aromatic carbocycles. The topological polar surface area (TPSA) is 24.5 Å². The lowest BCUT2D eigenvalue weighted by Crippen LogP contribution is -2.47. The monoisotopic (exact) mass is 228 g/mol. The van der Waals surface area contributed by atoms with Crippen LogP contribution < -0.4 is 5.32 Å². The van der Waals surface area contributed by atoms with Gasteiger partial charge < -0.3 is 15.0 Å². The van der Waals surface area contributed by atoms with Gasteiger partial charge in [-0.25, -0.2) is 0 Å². The van der Waals surface area contributed by atoms with E-state index < -0.39 is 0 Å². The molecule has 0 aliphatic carbocycles. The highest BCUT2D eigenvalue weighted by Gasteiger charge is 2.23. The molecular formula is C13H28N2O. The van der Waals surface area contributed by atoms with E-state index in [1.165, 1.54) is 25.9 Å². The smallest absolute Gasteiger partial charge is 0.0749 e. The summed E-state index contributed by atoms with van der Waals surface area (Å²) in [5.41, 5.74) is -0.0287. The molecule has 0 amide bonds. The molecule has 2 atom stereocenters. The first-order valence-electron chi connectivity index (χ1n) is 6.46. The summed E-state index contributed by atoms with van der Waals surface area (Å²) in [4.78, 5) is 2.54. The molecule has 3 nitrogen and oxygen atoms in total. The van der Waals surface area contributed by atoms with E-state index in [2.05, 4.69) is 37.9 Å². The predicted octanol–water partition coefficient (Wildman–Crippen LogP) is 1.87. The van der Waals surface area contributed by atoms with Crippen LogP contribution in [0.25, 0.3) is 0 Å². The van der Waals surface area contributed by atoms with Crippen LogP contribution in [0.2, 0.25) is 0 Å². The maximum absolute atomic E-state index is 5.51. The lowest BCUT2D eigenvalue weighted by Gasteiger charge is -2.35. The number of nitrogens with one attached hydrogen (secondary N) is 1. The molecule has 2 unspecified atom stereocenters. The molecule has 3 heteroatoms. The molecule has 96 valence electrons. The first kappa shape index (κ1) is 13.9. The Hall–Kier alpha value is -0.120. The highest BCUT2D eigenvalue weighted by Crippen LogP contribution is 2.13. The van der Waals surface area contributed by atoms with Crippen molar-refractivity contribution in [3.05, 3.63) is 0 Å². The van der Waals surface area contributed by atoms with Crippen molar-refractivity contribution in [1.82, 2.24) is 10.2 Å². The summed E-state index contributed by atoms with van der Waals surface area (Å²) >= 11 is 0. The molecule has 0 aromatic heterocycles. The predicted molar refractivity (Wildman–Crippen MR) is 68.8 cm³/mol. The fraction of sp³-hybridized carbons (Fsp3) is 1.00. The van der Waals surface area contributed by atoms with Crippen molar-refractivity contribution in [3.8, 4) is 0 Å². The molecule has 0 saturated carbocycles. The average molecular weight is 228 g/mol. The van der Waals surface area contributed by atoms with Crippen molar-refractivity contribution in [2.75, 3.05) is 26.7 Å². The highest BCUT2D eigenvalue weighted by atomic mass is 16.5. The lowest BCUT2D eigenvalue weighted by molar-refractivity contribution is -0.0102. The number of rotatable bonds is 3. The Bertz CT molecular complexity index is 194. The summed E-state index contributed by atoms with van der Waals surface area (Å²) in [6, 6.07) is 1.26. The van der Waals surface area contributed by atoms with Crippen molar-refractivity contribution < 1.29 is 4.74 Å². The normalized spacial score (nSPS) is 29.8. The Balaban J connectivity index is 2.46. The van der Waals surface area contributed by atoms with Crippen LogP contribution in [0.1, 0.15) is 40.5 Å². The largest absolute Gasteiger partial charge is 0.377 e. The molecule has 1 aliphatic rings. The zero-order valence-electron chi connectivity index (χ0n) is 11.5. The van der Waals surface area contributed by atoms with E-state index in [1.54, 1.807) is 7.11 Å². The van der Waals surface area contributed by atoms with Crippen molar-refractivity contribution >= 4 is 0 Å². The molecule has 1 rings (SSSR count). The lowest BCUT2D eigenvalue weighted by atomic mass is 10.1. The maximum Gasteiger partial charge on any atom is 0.0749 e. The van der Waals surface area contributed by atoms with Crippen LogP contribution in [0, 0.1) is 0 Å². The van der Waals surface area contributed by atoms with Gasteiger partial charge in [0.05, 0.1) is 5.60 Å². The summed E-state index contributed by atoms with van der Waals surface area (Å²) in [6.45, 7) is 12.3. The Morgan fingerprint density at radius 2 is 1.69 bits per heavy atom. The number of ether oxygens (including phenoxy) is 1. The minimum atomic E-state index is -0.0287. The SMILES string of the molecule is COC(C)(C)CN1CCC(C)NC(C)CC1. The first-order valence-corrected chi connectivity index (χ1v) is 6.46. The summed E-state index contributed by atoms with van der Waals surface area (Å²) in [6.07, 6.45) is 2.45. The minimum Gasteiger partial charge on any atom is -0.377 e. The molecule has 0 aromatic rings. The van der Waals surface area contributed by atoms with Gasteiger partial charge >= 0.3 is 0 Å². The third-order valence-electron chi connectivity index (χ3n) is 3.48. The van der Waals surface area contributed by atoms with E-state index in [-0.39, 0.29) is 5.60 Å². The van der Waals surface area contributed by atoms with Crippen molar-refractivity contribution in [2.24, 2.45) is 0 Å². The summed E-state index contributed by atoms with van der Waals surface area (Å²) < 4.78 is 5.51. The Morgan fingerprint density at radius 3 is 2.12 bits per heavy atom. The number of hydrogen-bond donors (Lipinski definition) is 1. The van der Waals surface area contributed by atoms with Crippen LogP contribution in [0.4, 0.5) is 0 Å². The van der Waals surface area contributed by atoms with Gasteiger partial charge in [0.1, 0.15) is 0 Å². The Kier molecular flexibility index (Phi) is 5.22. The maximum atomic E-state index is 5.51. The van der Waals surface area contributed by atoms with Gasteiger partial charge in [-0.2, -0.15) is 0 Å². The van der Waals surface area contributed by atoms with Crippen LogP contribution in [-0.2, 0) is 4.74 Å². The van der Waals surface area contributed by atoms with E-state index in [1.807, 2.05) is 0 Å². The van der Waals surface area contributed by atoms with Gasteiger partial charge in [0.25, 0.3) is 0 Å². The fourth-order valence-corrected chi connectivity index (χ4v) is 2.28. The van der Waals surface area contributed by atoms with E-state index >= 15 is 0 Å². The zero-order chi connectivity index (χ0) is 12.2. The second-order valence-electron chi connectivity index (χ2n) is 5.79. The molecular weight excluding hydrogens is 200 g/mol. The van der Waals surface area contributed by atoms with Gasteiger partial charge in [-0.1, -0.05) is 0 Å². The summed E-state index contributed by atoms with van der Waals surface area (Å²) in [5.74, 6) is 0. The summed E-state index contributed by atoms with van der Waals surface area (Å²) in [7, 11) is 1.80. The Morgan fingerprint density at radius 1 is 1.19 bits per heavy atom. The number of methoxy groups -OCH3 is 1. The Labute approximate surface area is 101 Å². The average Bonchev–Trinajstić information content (AvgIpc) is 2.20. The van der Waals surface area contributed by atoms with Gasteiger partial charge in [-0.05, 0) is 53.6 Å². The zero-order valence-corrected chi connectivity index (χ0v) is 11.5. The van der Waals surface area contributed by atoms with Crippen molar-refractivity contribution in [3.63, 3.8) is 0 Å². The van der Waals surface area contributed by atoms with Gasteiger partial charge in [0.2, 0.25) is 0 Å². The number of nitrogens with zero attached hydrogens (tertiary/aromatic N) is 1. The van der Waals surface area contributed by atoms with E-state index in [4.69, 9.17) is 4.74 Å². The molecule has 0 spiro atoms. The molecule has 16 heavy (non-hydrogen) atoms. The molecule has 1 N–H and O–H groups in total. The second kappa shape index (κ2) is 5.99. The van der Waals surface area contributed by atoms with Crippen LogP contribution in [0.3, 0.4) is 0 Å². The standard InChI is InChI=1S/C13H28N2O/c1-11-6-8-15(9-7-12(2)14-11)10-13(3,4)16-5/h11-12,14H,6-10H2,1-5H3. The third kappa shape index (κ3) is 4.81. The molecule has 1 aliphatic heterocycles. The van der Waals surface area contributed by atoms with Crippen LogP contribution in [-0.4, -0.2) is 49.3 Å². The van der Waals surface area contributed by atoms with Gasteiger partial charge in [0, 0.05) is 25.7 Å². The second-order valence-corrected chi connectivity index (χ2v) is 5.79. The molecule has 1 saturated heterocycles. The van der Waals surface area contributed by atoms with Crippen molar-refractivity contribution in [2.45, 2.75) is 58.2 Å². The summed E-state index contributed by atoms with van der Waals surface area (Å²) in [5, 5.41) is 3.62. The van der Waals surface area contributed by atoms with Crippen molar-refractivity contribution in [1.29, 1.82) is 0 Å². The van der Waals surface area contributed by atoms with Crippen LogP contribution in [0.5, 0.6) is 0 Å². The quantitative estimate of drug-likeness (QED) is 0.798. The third-order valence-corrected chi connectivity index (χ3v) is 3.48. The van der Waals surface area contributed by atoms with Crippen LogP contribution in [0.15, 0.2) is 0 Å². The molecule has 0 radical (unpaired) electrons. The van der Waals surface area contributed by atoms with E-state index in [0.717, 1.165) is 6.54 Å².